The van der Waals surface area contributed by atoms with Crippen molar-refractivity contribution >= 4 is 5.97 Å². The first kappa shape index (κ1) is 18.6. The monoisotopic (exact) mass is 344 g/mol. The molecule has 0 spiro atoms. The Kier molecular flexibility index (Phi) is 6.69. The third-order valence-electron chi connectivity index (χ3n) is 3.89. The molecule has 25 heavy (non-hydrogen) atoms. The van der Waals surface area contributed by atoms with E-state index in [2.05, 4.69) is 0 Å². The zero-order valence-corrected chi connectivity index (χ0v) is 14.8. The summed E-state index contributed by atoms with van der Waals surface area (Å²) in [6, 6.07) is 12.7. The number of carboxylic acid groups (broad SMARTS) is 1. The van der Waals surface area contributed by atoms with Crippen LogP contribution in [0.5, 0.6) is 17.2 Å². The van der Waals surface area contributed by atoms with Gasteiger partial charge in [0.25, 0.3) is 0 Å². The molecule has 0 aliphatic carbocycles. The topological polar surface area (TPSA) is 65.0 Å². The molecule has 0 saturated carbocycles. The van der Waals surface area contributed by atoms with Gasteiger partial charge < -0.3 is 19.3 Å². The summed E-state index contributed by atoms with van der Waals surface area (Å²) in [6.07, 6.45) is 0.303. The Labute approximate surface area is 148 Å². The van der Waals surface area contributed by atoms with Crippen LogP contribution in [0.3, 0.4) is 0 Å². The van der Waals surface area contributed by atoms with Crippen LogP contribution in [0.15, 0.2) is 42.5 Å². The van der Waals surface area contributed by atoms with Gasteiger partial charge in [-0.3, -0.25) is 4.79 Å². The molecular formula is C20H24O5. The van der Waals surface area contributed by atoms with E-state index in [4.69, 9.17) is 14.2 Å². The van der Waals surface area contributed by atoms with E-state index in [-0.39, 0.29) is 0 Å². The third-order valence-corrected chi connectivity index (χ3v) is 3.89. The Hall–Kier alpha value is -2.69. The van der Waals surface area contributed by atoms with Gasteiger partial charge in [-0.05, 0) is 38.0 Å². The first-order valence-electron chi connectivity index (χ1n) is 8.34. The fourth-order valence-corrected chi connectivity index (χ4v) is 2.75. The first-order valence-corrected chi connectivity index (χ1v) is 8.34. The predicted octanol–water partition coefficient (Wildman–Crippen LogP) is 3.90. The van der Waals surface area contributed by atoms with Crippen LogP contribution in [-0.4, -0.2) is 31.4 Å². The smallest absolute Gasteiger partial charge is 0.311 e. The molecule has 0 saturated heterocycles. The lowest BCUT2D eigenvalue weighted by molar-refractivity contribution is -0.138. The third kappa shape index (κ3) is 4.66. The zero-order chi connectivity index (χ0) is 18.2. The van der Waals surface area contributed by atoms with Crippen LogP contribution in [0.1, 0.15) is 30.9 Å². The van der Waals surface area contributed by atoms with Gasteiger partial charge in [-0.15, -0.1) is 0 Å². The molecule has 5 nitrogen and oxygen atoms in total. The van der Waals surface area contributed by atoms with Crippen molar-refractivity contribution in [1.29, 1.82) is 0 Å². The van der Waals surface area contributed by atoms with Crippen molar-refractivity contribution < 1.29 is 24.1 Å². The molecule has 0 amide bonds. The van der Waals surface area contributed by atoms with E-state index in [0.717, 1.165) is 5.56 Å². The van der Waals surface area contributed by atoms with Crippen LogP contribution >= 0.6 is 0 Å². The number of hydrogen-bond donors (Lipinski definition) is 1. The minimum Gasteiger partial charge on any atom is -0.496 e. The average molecular weight is 344 g/mol. The second-order valence-electron chi connectivity index (χ2n) is 5.47. The summed E-state index contributed by atoms with van der Waals surface area (Å²) in [6.45, 7) is 4.86. The fraction of sp³-hybridized carbons (Fsp3) is 0.350. The predicted molar refractivity (Wildman–Crippen MR) is 95.9 cm³/mol. The van der Waals surface area contributed by atoms with Crippen molar-refractivity contribution in [1.82, 2.24) is 0 Å². The van der Waals surface area contributed by atoms with Crippen molar-refractivity contribution in [3.05, 3.63) is 53.6 Å². The summed E-state index contributed by atoms with van der Waals surface area (Å²) in [4.78, 5) is 11.9. The number of aliphatic carboxylic acids is 1. The number of hydrogen-bond acceptors (Lipinski definition) is 4. The molecule has 0 heterocycles. The summed E-state index contributed by atoms with van der Waals surface area (Å²) in [5.41, 5.74) is 1.47. The van der Waals surface area contributed by atoms with Crippen LogP contribution in [-0.2, 0) is 11.2 Å². The lowest BCUT2D eigenvalue weighted by Gasteiger charge is -2.18. The lowest BCUT2D eigenvalue weighted by Crippen LogP contribution is -2.16. The fourth-order valence-electron chi connectivity index (χ4n) is 2.75. The van der Waals surface area contributed by atoms with Crippen molar-refractivity contribution in [2.75, 3.05) is 20.3 Å². The molecule has 0 radical (unpaired) electrons. The molecule has 0 aromatic heterocycles. The Morgan fingerprint density at radius 2 is 1.76 bits per heavy atom. The van der Waals surface area contributed by atoms with Crippen LogP contribution in [0.25, 0.3) is 0 Å². The van der Waals surface area contributed by atoms with E-state index < -0.39 is 11.9 Å². The highest BCUT2D eigenvalue weighted by Crippen LogP contribution is 2.33. The van der Waals surface area contributed by atoms with Gasteiger partial charge in [0.05, 0.1) is 26.2 Å². The summed E-state index contributed by atoms with van der Waals surface area (Å²) in [5.74, 6) is 0.293. The van der Waals surface area contributed by atoms with E-state index in [9.17, 15) is 9.90 Å². The van der Waals surface area contributed by atoms with Gasteiger partial charge in [-0.25, -0.2) is 0 Å². The van der Waals surface area contributed by atoms with Crippen molar-refractivity contribution in [2.45, 2.75) is 26.2 Å². The van der Waals surface area contributed by atoms with Crippen molar-refractivity contribution in [3.63, 3.8) is 0 Å². The highest BCUT2D eigenvalue weighted by molar-refractivity contribution is 5.78. The minimum absolute atomic E-state index is 0.303. The minimum atomic E-state index is -0.902. The highest BCUT2D eigenvalue weighted by atomic mass is 16.5. The highest BCUT2D eigenvalue weighted by Gasteiger charge is 2.25. The Bertz CT molecular complexity index is 711. The molecule has 0 aliphatic rings. The van der Waals surface area contributed by atoms with Gasteiger partial charge >= 0.3 is 5.97 Å². The quantitative estimate of drug-likeness (QED) is 0.747. The van der Waals surface area contributed by atoms with E-state index in [1.54, 1.807) is 19.2 Å². The molecule has 134 valence electrons. The summed E-state index contributed by atoms with van der Waals surface area (Å²) in [5, 5.41) is 9.75. The molecule has 2 rings (SSSR count). The van der Waals surface area contributed by atoms with Gasteiger partial charge in [0, 0.05) is 11.6 Å². The molecule has 5 heteroatoms. The second kappa shape index (κ2) is 8.97. The van der Waals surface area contributed by atoms with Crippen LogP contribution in [0, 0.1) is 0 Å². The molecule has 0 fully saturated rings. The Balaban J connectivity index is 2.38. The molecule has 2 aromatic carbocycles. The maximum absolute atomic E-state index is 11.9. The number of methoxy groups -OCH3 is 1. The number of carbonyl (C=O) groups is 1. The number of para-hydroxylation sites is 1. The van der Waals surface area contributed by atoms with Crippen molar-refractivity contribution in [3.8, 4) is 17.2 Å². The molecule has 0 bridgehead atoms. The molecule has 2 aromatic rings. The van der Waals surface area contributed by atoms with Crippen molar-refractivity contribution in [2.24, 2.45) is 0 Å². The SMILES string of the molecule is CCOc1ccc(CC(C(=O)O)c2ccccc2OC)c(OCC)c1. The van der Waals surface area contributed by atoms with Gasteiger partial charge in [0.2, 0.25) is 0 Å². The molecule has 0 aliphatic heterocycles. The Morgan fingerprint density at radius 1 is 1.04 bits per heavy atom. The van der Waals surface area contributed by atoms with Gasteiger partial charge in [0.15, 0.2) is 0 Å². The van der Waals surface area contributed by atoms with E-state index in [1.165, 1.54) is 0 Å². The van der Waals surface area contributed by atoms with Crippen LogP contribution in [0.2, 0.25) is 0 Å². The van der Waals surface area contributed by atoms with E-state index in [1.807, 2.05) is 44.2 Å². The maximum Gasteiger partial charge on any atom is 0.311 e. The zero-order valence-electron chi connectivity index (χ0n) is 14.8. The largest absolute Gasteiger partial charge is 0.496 e. The average Bonchev–Trinajstić information content (AvgIpc) is 2.61. The normalized spacial score (nSPS) is 11.6. The molecule has 1 unspecified atom stereocenters. The molecule has 1 atom stereocenters. The summed E-state index contributed by atoms with van der Waals surface area (Å²) < 4.78 is 16.5. The van der Waals surface area contributed by atoms with Crippen LogP contribution < -0.4 is 14.2 Å². The van der Waals surface area contributed by atoms with E-state index in [0.29, 0.717) is 42.4 Å². The van der Waals surface area contributed by atoms with Crippen LogP contribution in [0.4, 0.5) is 0 Å². The molecule has 1 N–H and O–H groups in total. The first-order chi connectivity index (χ1) is 12.1. The van der Waals surface area contributed by atoms with E-state index >= 15 is 0 Å². The van der Waals surface area contributed by atoms with Gasteiger partial charge in [0.1, 0.15) is 17.2 Å². The van der Waals surface area contributed by atoms with Gasteiger partial charge in [-0.1, -0.05) is 24.3 Å². The molecular weight excluding hydrogens is 320 g/mol. The number of benzene rings is 2. The number of rotatable bonds is 9. The van der Waals surface area contributed by atoms with Gasteiger partial charge in [-0.2, -0.15) is 0 Å². The standard InChI is InChI=1S/C20H24O5/c1-4-24-15-11-10-14(19(13-15)25-5-2)12-17(20(21)22)16-8-6-7-9-18(16)23-3/h6-11,13,17H,4-5,12H2,1-3H3,(H,21,22). The maximum atomic E-state index is 11.9. The Morgan fingerprint density at radius 3 is 2.40 bits per heavy atom. The lowest BCUT2D eigenvalue weighted by atomic mass is 9.91. The second-order valence-corrected chi connectivity index (χ2v) is 5.47. The summed E-state index contributed by atoms with van der Waals surface area (Å²) >= 11 is 0. The summed E-state index contributed by atoms with van der Waals surface area (Å²) in [7, 11) is 1.54. The number of ether oxygens (including phenoxy) is 3. The number of carboxylic acids is 1.